The Labute approximate surface area is 150 Å². The molecule has 1 saturated heterocycles. The van der Waals surface area contributed by atoms with E-state index in [9.17, 15) is 28.6 Å². The number of aliphatic hydroxyl groups is 1. The van der Waals surface area contributed by atoms with E-state index >= 15 is 0 Å². The molecule has 0 aromatic heterocycles. The van der Waals surface area contributed by atoms with Gasteiger partial charge >= 0.3 is 5.97 Å². The molecule has 3 rings (SSSR count). The largest absolute Gasteiger partial charge is 0.481 e. The fourth-order valence-electron chi connectivity index (χ4n) is 3.73. The van der Waals surface area contributed by atoms with Gasteiger partial charge in [-0.3, -0.25) is 9.59 Å². The first-order valence-corrected chi connectivity index (χ1v) is 8.95. The molecule has 1 aliphatic carbocycles. The van der Waals surface area contributed by atoms with E-state index in [1.165, 1.54) is 11.0 Å². The van der Waals surface area contributed by atoms with Gasteiger partial charge < -0.3 is 15.1 Å². The number of aryl methyl sites for hydroxylation is 1. The van der Waals surface area contributed by atoms with Gasteiger partial charge in [0.25, 0.3) is 0 Å². The second-order valence-electron chi connectivity index (χ2n) is 7.48. The van der Waals surface area contributed by atoms with Crippen LogP contribution in [-0.4, -0.2) is 46.2 Å². The maximum atomic E-state index is 13.3. The molecule has 2 atom stereocenters. The maximum absolute atomic E-state index is 13.3. The van der Waals surface area contributed by atoms with E-state index < -0.39 is 29.1 Å². The molecule has 2 aliphatic rings. The summed E-state index contributed by atoms with van der Waals surface area (Å²) in [5, 5.41) is 20.1. The van der Waals surface area contributed by atoms with Crippen molar-refractivity contribution in [3.05, 3.63) is 35.4 Å². The molecule has 26 heavy (non-hydrogen) atoms. The van der Waals surface area contributed by atoms with E-state index in [1.54, 1.807) is 0 Å². The van der Waals surface area contributed by atoms with Crippen LogP contribution < -0.4 is 0 Å². The SMILES string of the molecule is O=C(CCc1ccc(F)c(F)c1)N1CC[C@@H](O)[C@](CC2CC2)(C(=O)O)C1. The van der Waals surface area contributed by atoms with Crippen LogP contribution in [0.25, 0.3) is 0 Å². The summed E-state index contributed by atoms with van der Waals surface area (Å²) in [6, 6.07) is 3.52. The van der Waals surface area contributed by atoms with Crippen molar-refractivity contribution in [1.29, 1.82) is 0 Å². The number of aliphatic carboxylic acids is 1. The third-order valence-electron chi connectivity index (χ3n) is 5.52. The van der Waals surface area contributed by atoms with E-state index in [0.29, 0.717) is 24.4 Å². The number of likely N-dealkylation sites (tertiary alicyclic amines) is 1. The number of carbonyl (C=O) groups excluding carboxylic acids is 1. The number of hydrogen-bond donors (Lipinski definition) is 2. The normalized spacial score (nSPS) is 26.0. The highest BCUT2D eigenvalue weighted by atomic mass is 19.2. The molecule has 1 heterocycles. The standard InChI is InChI=1S/C19H23F2NO4/c20-14-5-3-12(9-15(14)21)4-6-17(24)22-8-7-16(23)19(11-22,18(25)26)10-13-1-2-13/h3,5,9,13,16,23H,1-2,4,6-8,10-11H2,(H,25,26)/t16-,19-/m1/s1. The maximum Gasteiger partial charge on any atom is 0.314 e. The van der Waals surface area contributed by atoms with Gasteiger partial charge in [-0.25, -0.2) is 8.78 Å². The number of carbonyl (C=O) groups is 2. The first-order valence-electron chi connectivity index (χ1n) is 8.95. The van der Waals surface area contributed by atoms with Gasteiger partial charge in [0.15, 0.2) is 11.6 Å². The van der Waals surface area contributed by atoms with Crippen LogP contribution in [0, 0.1) is 23.0 Å². The zero-order chi connectivity index (χ0) is 18.9. The Morgan fingerprint density at radius 2 is 1.92 bits per heavy atom. The van der Waals surface area contributed by atoms with Crippen molar-refractivity contribution in [2.45, 2.75) is 44.6 Å². The van der Waals surface area contributed by atoms with Crippen molar-refractivity contribution in [1.82, 2.24) is 4.90 Å². The highest BCUT2D eigenvalue weighted by Gasteiger charge is 2.52. The molecule has 5 nitrogen and oxygen atoms in total. The van der Waals surface area contributed by atoms with E-state index in [0.717, 1.165) is 25.0 Å². The van der Waals surface area contributed by atoms with Gasteiger partial charge in [0, 0.05) is 19.5 Å². The molecular weight excluding hydrogens is 344 g/mol. The topological polar surface area (TPSA) is 77.8 Å². The Morgan fingerprint density at radius 3 is 2.54 bits per heavy atom. The molecule has 1 aromatic carbocycles. The second kappa shape index (κ2) is 7.31. The van der Waals surface area contributed by atoms with Gasteiger partial charge in [0.1, 0.15) is 5.41 Å². The van der Waals surface area contributed by atoms with Crippen molar-refractivity contribution < 1.29 is 28.6 Å². The summed E-state index contributed by atoms with van der Waals surface area (Å²) >= 11 is 0. The minimum Gasteiger partial charge on any atom is -0.481 e. The molecule has 1 amide bonds. The first kappa shape index (κ1) is 18.8. The number of benzene rings is 1. The molecule has 1 saturated carbocycles. The summed E-state index contributed by atoms with van der Waals surface area (Å²) in [4.78, 5) is 25.9. The lowest BCUT2D eigenvalue weighted by Crippen LogP contribution is -2.57. The quantitative estimate of drug-likeness (QED) is 0.809. The Morgan fingerprint density at radius 1 is 1.19 bits per heavy atom. The zero-order valence-corrected chi connectivity index (χ0v) is 14.5. The van der Waals surface area contributed by atoms with Crippen LogP contribution in [0.5, 0.6) is 0 Å². The summed E-state index contributed by atoms with van der Waals surface area (Å²) in [6.07, 6.45) is 1.91. The number of carboxylic acids is 1. The minimum atomic E-state index is -1.31. The molecular formula is C19H23F2NO4. The summed E-state index contributed by atoms with van der Waals surface area (Å²) in [6.45, 7) is 0.300. The summed E-state index contributed by atoms with van der Waals surface area (Å²) in [5.74, 6) is -2.88. The number of amides is 1. The zero-order valence-electron chi connectivity index (χ0n) is 14.5. The van der Waals surface area contributed by atoms with Gasteiger partial charge in [-0.15, -0.1) is 0 Å². The number of halogens is 2. The first-order chi connectivity index (χ1) is 12.3. The van der Waals surface area contributed by atoms with Gasteiger partial charge in [-0.2, -0.15) is 0 Å². The number of rotatable bonds is 6. The van der Waals surface area contributed by atoms with Crippen LogP contribution in [0.15, 0.2) is 18.2 Å². The van der Waals surface area contributed by atoms with Crippen LogP contribution in [0.2, 0.25) is 0 Å². The minimum absolute atomic E-state index is 0.00336. The molecule has 2 fully saturated rings. The predicted molar refractivity (Wildman–Crippen MR) is 89.3 cm³/mol. The second-order valence-corrected chi connectivity index (χ2v) is 7.48. The molecule has 0 spiro atoms. The Bertz CT molecular complexity index is 707. The van der Waals surface area contributed by atoms with Crippen molar-refractivity contribution in [3.63, 3.8) is 0 Å². The molecule has 142 valence electrons. The average Bonchev–Trinajstić information content (AvgIpc) is 3.41. The highest BCUT2D eigenvalue weighted by Crippen LogP contribution is 2.45. The van der Waals surface area contributed by atoms with Crippen LogP contribution >= 0.6 is 0 Å². The number of piperidine rings is 1. The number of carboxylic acid groups (broad SMARTS) is 1. The van der Waals surface area contributed by atoms with E-state index in [4.69, 9.17) is 0 Å². The summed E-state index contributed by atoms with van der Waals surface area (Å²) in [7, 11) is 0. The molecule has 0 unspecified atom stereocenters. The van der Waals surface area contributed by atoms with Crippen molar-refractivity contribution in [3.8, 4) is 0 Å². The van der Waals surface area contributed by atoms with E-state index in [2.05, 4.69) is 0 Å². The Balaban J connectivity index is 1.65. The molecule has 2 N–H and O–H groups in total. The summed E-state index contributed by atoms with van der Waals surface area (Å²) in [5.41, 5.74) is -0.798. The highest BCUT2D eigenvalue weighted by molar-refractivity contribution is 5.80. The van der Waals surface area contributed by atoms with Gasteiger partial charge in [-0.05, 0) is 42.9 Å². The predicted octanol–water partition coefficient (Wildman–Crippen LogP) is 2.36. The lowest BCUT2D eigenvalue weighted by Gasteiger charge is -2.43. The van der Waals surface area contributed by atoms with Crippen molar-refractivity contribution in [2.24, 2.45) is 11.3 Å². The van der Waals surface area contributed by atoms with Gasteiger partial charge in [0.2, 0.25) is 5.91 Å². The third-order valence-corrected chi connectivity index (χ3v) is 5.52. The fourth-order valence-corrected chi connectivity index (χ4v) is 3.73. The van der Waals surface area contributed by atoms with Crippen molar-refractivity contribution in [2.75, 3.05) is 13.1 Å². The Hall–Kier alpha value is -2.02. The van der Waals surface area contributed by atoms with Crippen molar-refractivity contribution >= 4 is 11.9 Å². The van der Waals surface area contributed by atoms with Crippen LogP contribution in [0.4, 0.5) is 8.78 Å². The van der Waals surface area contributed by atoms with Gasteiger partial charge in [0.05, 0.1) is 6.10 Å². The third kappa shape index (κ3) is 3.87. The fraction of sp³-hybridized carbons (Fsp3) is 0.579. The number of hydrogen-bond acceptors (Lipinski definition) is 3. The molecule has 1 aromatic rings. The Kier molecular flexibility index (Phi) is 5.27. The van der Waals surface area contributed by atoms with Crippen LogP contribution in [-0.2, 0) is 16.0 Å². The molecule has 7 heteroatoms. The lowest BCUT2D eigenvalue weighted by molar-refractivity contribution is -0.167. The molecule has 0 bridgehead atoms. The molecule has 0 radical (unpaired) electrons. The number of aliphatic hydroxyl groups excluding tert-OH is 1. The van der Waals surface area contributed by atoms with E-state index in [-0.39, 0.29) is 31.7 Å². The smallest absolute Gasteiger partial charge is 0.314 e. The van der Waals surface area contributed by atoms with Crippen LogP contribution in [0.3, 0.4) is 0 Å². The number of nitrogens with zero attached hydrogens (tertiary/aromatic N) is 1. The van der Waals surface area contributed by atoms with Gasteiger partial charge in [-0.1, -0.05) is 18.9 Å². The molecule has 1 aliphatic heterocycles. The summed E-state index contributed by atoms with van der Waals surface area (Å²) < 4.78 is 26.2. The van der Waals surface area contributed by atoms with E-state index in [1.807, 2.05) is 0 Å². The average molecular weight is 367 g/mol. The lowest BCUT2D eigenvalue weighted by atomic mass is 9.73. The van der Waals surface area contributed by atoms with Crippen LogP contribution in [0.1, 0.15) is 37.7 Å². The monoisotopic (exact) mass is 367 g/mol.